The third kappa shape index (κ3) is 6.77. The molecule has 0 fully saturated rings. The summed E-state index contributed by atoms with van der Waals surface area (Å²) >= 11 is 0. The summed E-state index contributed by atoms with van der Waals surface area (Å²) in [5, 5.41) is 0. The van der Waals surface area contributed by atoms with Crippen molar-refractivity contribution in [2.24, 2.45) is 0 Å². The van der Waals surface area contributed by atoms with Crippen LogP contribution in [0.2, 0.25) is 0 Å². The number of hydrogen-bond donors (Lipinski definition) is 0. The molecule has 4 aromatic carbocycles. The lowest BCUT2D eigenvalue weighted by Crippen LogP contribution is -2.32. The molecule has 0 aliphatic carbocycles. The highest BCUT2D eigenvalue weighted by atomic mass is 16.5. The zero-order valence-corrected chi connectivity index (χ0v) is 24.3. The Labute approximate surface area is 244 Å². The Morgan fingerprint density at radius 1 is 0.707 bits per heavy atom. The lowest BCUT2D eigenvalue weighted by atomic mass is 9.88. The topological polar surface area (TPSA) is 49.4 Å². The van der Waals surface area contributed by atoms with Gasteiger partial charge in [-0.1, -0.05) is 60.7 Å². The van der Waals surface area contributed by atoms with Crippen LogP contribution >= 0.6 is 0 Å². The standard InChI is InChI=1S/C35H39NO5/c1-36-18-17-28-21-31(37-2)32(40-23-25-11-7-5-8-12-25)22-29(28)30(36)16-15-27-19-33(38-3)35(39-4)34(20-27)41-24-26-13-9-6-10-14-26/h5-14,19-22,30H,15-18,23-24H2,1-4H3/i30T. The molecule has 0 bridgehead atoms. The molecule has 0 amide bonds. The van der Waals surface area contributed by atoms with Gasteiger partial charge in [0, 0.05) is 12.6 Å². The smallest absolute Gasteiger partial charge is 0.203 e. The van der Waals surface area contributed by atoms with Crippen molar-refractivity contribution in [2.75, 3.05) is 34.9 Å². The van der Waals surface area contributed by atoms with Crippen molar-refractivity contribution in [1.82, 2.24) is 4.90 Å². The van der Waals surface area contributed by atoms with Gasteiger partial charge < -0.3 is 23.7 Å². The molecule has 4 aromatic rings. The van der Waals surface area contributed by atoms with Crippen LogP contribution in [0.25, 0.3) is 0 Å². The summed E-state index contributed by atoms with van der Waals surface area (Å²) in [6, 6.07) is 27.2. The molecule has 214 valence electrons. The van der Waals surface area contributed by atoms with Crippen LogP contribution < -0.4 is 23.7 Å². The molecule has 6 nitrogen and oxygen atoms in total. The first-order valence-electron chi connectivity index (χ1n) is 14.5. The molecule has 1 aliphatic rings. The average Bonchev–Trinajstić information content (AvgIpc) is 3.04. The Balaban J connectivity index is 1.41. The molecule has 6 heteroatoms. The maximum absolute atomic E-state index is 9.74. The summed E-state index contributed by atoms with van der Waals surface area (Å²) in [6.45, 7) is 1.62. The van der Waals surface area contributed by atoms with Crippen molar-refractivity contribution >= 4 is 0 Å². The van der Waals surface area contributed by atoms with E-state index in [0.29, 0.717) is 54.8 Å². The van der Waals surface area contributed by atoms with E-state index in [0.717, 1.165) is 40.8 Å². The number of methoxy groups -OCH3 is 3. The second-order valence-electron chi connectivity index (χ2n) is 10.2. The SMILES string of the molecule is [3H]C1(CCc2cc(OC)c(OC)c(OCc3ccccc3)c2)c2cc(OCc3ccccc3)c(OC)cc2CCN1C. The molecule has 0 aromatic heterocycles. The van der Waals surface area contributed by atoms with Crippen LogP contribution in [0.15, 0.2) is 84.9 Å². The van der Waals surface area contributed by atoms with Gasteiger partial charge in [-0.25, -0.2) is 0 Å². The Bertz CT molecular complexity index is 1480. The van der Waals surface area contributed by atoms with Crippen molar-refractivity contribution in [1.29, 1.82) is 0 Å². The van der Waals surface area contributed by atoms with E-state index in [9.17, 15) is 1.37 Å². The third-order valence-electron chi connectivity index (χ3n) is 7.51. The molecule has 1 aliphatic heterocycles. The van der Waals surface area contributed by atoms with Gasteiger partial charge in [0.15, 0.2) is 23.0 Å². The van der Waals surface area contributed by atoms with E-state index in [1.807, 2.05) is 92.0 Å². The molecule has 0 spiro atoms. The Kier molecular flexibility index (Phi) is 8.88. The lowest BCUT2D eigenvalue weighted by molar-refractivity contribution is 0.216. The van der Waals surface area contributed by atoms with Gasteiger partial charge in [-0.2, -0.15) is 0 Å². The molecule has 41 heavy (non-hydrogen) atoms. The van der Waals surface area contributed by atoms with Crippen LogP contribution in [-0.2, 0) is 26.1 Å². The summed E-state index contributed by atoms with van der Waals surface area (Å²) in [7, 11) is 6.93. The van der Waals surface area contributed by atoms with E-state index < -0.39 is 6.02 Å². The molecule has 0 radical (unpaired) electrons. The fourth-order valence-corrected chi connectivity index (χ4v) is 5.27. The number of fused-ring (bicyclic) bond motifs is 1. The number of benzene rings is 4. The Morgan fingerprint density at radius 3 is 1.93 bits per heavy atom. The third-order valence-corrected chi connectivity index (χ3v) is 7.51. The summed E-state index contributed by atoms with van der Waals surface area (Å²) in [5.74, 6) is 3.13. The molecule has 1 unspecified atom stereocenters. The largest absolute Gasteiger partial charge is 0.493 e. The molecule has 0 saturated carbocycles. The lowest BCUT2D eigenvalue weighted by Gasteiger charge is -2.35. The molecule has 5 rings (SSSR count). The fraction of sp³-hybridized carbons (Fsp3) is 0.314. The first-order valence-corrected chi connectivity index (χ1v) is 14.0. The monoisotopic (exact) mass is 555 g/mol. The van der Waals surface area contributed by atoms with Crippen molar-refractivity contribution < 1.29 is 25.1 Å². The number of rotatable bonds is 12. The highest BCUT2D eigenvalue weighted by molar-refractivity contribution is 5.54. The van der Waals surface area contributed by atoms with Gasteiger partial charge in [0.25, 0.3) is 0 Å². The maximum atomic E-state index is 9.74. The number of nitrogens with zero attached hydrogens (tertiary/aromatic N) is 1. The van der Waals surface area contributed by atoms with Gasteiger partial charge in [-0.15, -0.1) is 0 Å². The minimum absolute atomic E-state index is 0.413. The zero-order chi connectivity index (χ0) is 29.5. The minimum Gasteiger partial charge on any atom is -0.493 e. The minimum atomic E-state index is -0.955. The van der Waals surface area contributed by atoms with Crippen molar-refractivity contribution in [3.05, 3.63) is 113 Å². The van der Waals surface area contributed by atoms with Crippen LogP contribution in [0.5, 0.6) is 28.7 Å². The normalized spacial score (nSPS) is 16.8. The van der Waals surface area contributed by atoms with Crippen LogP contribution in [-0.4, -0.2) is 39.8 Å². The highest BCUT2D eigenvalue weighted by Crippen LogP contribution is 2.42. The molecule has 0 saturated heterocycles. The zero-order valence-electron chi connectivity index (χ0n) is 25.3. The predicted octanol–water partition coefficient (Wildman–Crippen LogP) is 7.03. The number of ether oxygens (including phenoxy) is 5. The van der Waals surface area contributed by atoms with E-state index >= 15 is 0 Å². The summed E-state index contributed by atoms with van der Waals surface area (Å²) in [5.41, 5.74) is 5.21. The fourth-order valence-electron chi connectivity index (χ4n) is 5.27. The van der Waals surface area contributed by atoms with Crippen molar-refractivity contribution in [2.45, 2.75) is 38.5 Å². The Morgan fingerprint density at radius 2 is 1.32 bits per heavy atom. The van der Waals surface area contributed by atoms with Gasteiger partial charge >= 0.3 is 0 Å². The van der Waals surface area contributed by atoms with Gasteiger partial charge in [0.1, 0.15) is 13.2 Å². The predicted molar refractivity (Wildman–Crippen MR) is 161 cm³/mol. The molecule has 1 atom stereocenters. The van der Waals surface area contributed by atoms with Crippen LogP contribution in [0, 0.1) is 0 Å². The highest BCUT2D eigenvalue weighted by Gasteiger charge is 2.27. The molecular weight excluding hydrogens is 514 g/mol. The summed E-state index contributed by atoms with van der Waals surface area (Å²) in [6.07, 6.45) is 2.05. The number of hydrogen-bond acceptors (Lipinski definition) is 6. The van der Waals surface area contributed by atoms with E-state index in [2.05, 4.69) is 4.90 Å². The van der Waals surface area contributed by atoms with E-state index in [4.69, 9.17) is 23.7 Å². The van der Waals surface area contributed by atoms with Crippen LogP contribution in [0.3, 0.4) is 0 Å². The second-order valence-corrected chi connectivity index (χ2v) is 10.2. The van der Waals surface area contributed by atoms with Crippen molar-refractivity contribution in [3.63, 3.8) is 0 Å². The first-order chi connectivity index (χ1) is 20.4. The second kappa shape index (κ2) is 13.5. The van der Waals surface area contributed by atoms with Crippen LogP contribution in [0.4, 0.5) is 0 Å². The van der Waals surface area contributed by atoms with E-state index in [-0.39, 0.29) is 0 Å². The number of likely N-dealkylation sites (N-methyl/N-ethyl adjacent to an activating group) is 1. The van der Waals surface area contributed by atoms with Gasteiger partial charge in [0.2, 0.25) is 5.75 Å². The van der Waals surface area contributed by atoms with E-state index in [1.54, 1.807) is 21.3 Å². The van der Waals surface area contributed by atoms with E-state index in [1.165, 1.54) is 0 Å². The molecule has 0 N–H and O–H groups in total. The van der Waals surface area contributed by atoms with Crippen molar-refractivity contribution in [3.8, 4) is 28.7 Å². The summed E-state index contributed by atoms with van der Waals surface area (Å²) in [4.78, 5) is 2.12. The van der Waals surface area contributed by atoms with Gasteiger partial charge in [0.05, 0.1) is 22.7 Å². The van der Waals surface area contributed by atoms with Crippen LogP contribution in [0.1, 0.15) is 41.6 Å². The van der Waals surface area contributed by atoms with Gasteiger partial charge in [-0.05, 0) is 78.4 Å². The Hall–Kier alpha value is -4.16. The molecule has 1 heterocycles. The first kappa shape index (κ1) is 27.0. The number of aryl methyl sites for hydroxylation is 1. The maximum Gasteiger partial charge on any atom is 0.203 e. The summed E-state index contributed by atoms with van der Waals surface area (Å²) < 4.78 is 39.2. The quantitative estimate of drug-likeness (QED) is 0.187. The average molecular weight is 556 g/mol. The molecular formula is C35H39NO5. The van der Waals surface area contributed by atoms with Gasteiger partial charge in [-0.3, -0.25) is 4.90 Å².